The molecular formula is C19H34ClN7O3. The van der Waals surface area contributed by atoms with Gasteiger partial charge in [-0.3, -0.25) is 15.0 Å². The Morgan fingerprint density at radius 2 is 2.20 bits per heavy atom. The quantitative estimate of drug-likeness (QED) is 0.144. The van der Waals surface area contributed by atoms with Crippen LogP contribution in [0.5, 0.6) is 0 Å². The van der Waals surface area contributed by atoms with Crippen LogP contribution in [0, 0.1) is 0 Å². The molecule has 11 heteroatoms. The van der Waals surface area contributed by atoms with E-state index >= 15 is 0 Å². The number of allylic oxidation sites excluding steroid dienone is 2. The number of hydrogen-bond acceptors (Lipinski definition) is 9. The lowest BCUT2D eigenvalue weighted by atomic mass is 9.94. The first-order chi connectivity index (χ1) is 14.3. The van der Waals surface area contributed by atoms with Crippen LogP contribution in [-0.4, -0.2) is 65.3 Å². The summed E-state index contributed by atoms with van der Waals surface area (Å²) in [6.07, 6.45) is 4.72. The number of aliphatic hydroxyl groups is 1. The summed E-state index contributed by atoms with van der Waals surface area (Å²) in [5.41, 5.74) is 13.4. The summed E-state index contributed by atoms with van der Waals surface area (Å²) in [6, 6.07) is -0.194. The molecule has 2 aliphatic rings. The van der Waals surface area contributed by atoms with E-state index in [4.69, 9.17) is 28.2 Å². The molecule has 0 spiro atoms. The minimum atomic E-state index is -0.856. The van der Waals surface area contributed by atoms with Gasteiger partial charge in [0.25, 0.3) is 0 Å². The fourth-order valence-corrected chi connectivity index (χ4v) is 3.93. The smallest absolute Gasteiger partial charge is 0.303 e. The fraction of sp³-hybridized carbons (Fsp3) is 0.632. The van der Waals surface area contributed by atoms with Gasteiger partial charge in [-0.2, -0.15) is 0 Å². The maximum absolute atomic E-state index is 10.9. The Labute approximate surface area is 182 Å². The second-order valence-corrected chi connectivity index (χ2v) is 7.82. The van der Waals surface area contributed by atoms with Crippen LogP contribution in [0.4, 0.5) is 0 Å². The highest BCUT2D eigenvalue weighted by Crippen LogP contribution is 2.30. The van der Waals surface area contributed by atoms with Crippen molar-refractivity contribution in [3.63, 3.8) is 0 Å². The van der Waals surface area contributed by atoms with Gasteiger partial charge in [-0.25, -0.2) is 0 Å². The summed E-state index contributed by atoms with van der Waals surface area (Å²) in [7, 11) is 0. The molecule has 170 valence electrons. The zero-order valence-electron chi connectivity index (χ0n) is 17.5. The fourth-order valence-electron chi connectivity index (χ4n) is 3.69. The van der Waals surface area contributed by atoms with Crippen LogP contribution in [0.3, 0.4) is 0 Å². The number of aliphatic hydroxyl groups excluding tert-OH is 1. The first-order valence-corrected chi connectivity index (χ1v) is 10.5. The van der Waals surface area contributed by atoms with Crippen molar-refractivity contribution in [3.05, 3.63) is 34.4 Å². The van der Waals surface area contributed by atoms with Crippen molar-refractivity contribution in [3.8, 4) is 0 Å². The molecule has 30 heavy (non-hydrogen) atoms. The van der Waals surface area contributed by atoms with Crippen LogP contribution < -0.4 is 32.7 Å². The largest absolute Gasteiger partial charge is 0.481 e. The van der Waals surface area contributed by atoms with Gasteiger partial charge in [0.1, 0.15) is 17.2 Å². The number of rotatable bonds is 12. The predicted octanol–water partition coefficient (Wildman–Crippen LogP) is -0.599. The standard InChI is InChI=1S/C19H34ClN7O3/c1-3-27-14-8-12(5-7-16(28)29)4-6-13(14)26-15(27)9-23-19(30)11(2)25-17(20)18(22)24-10-21/h4,6,11,14-15,19,23-26,30H,3,5,7-10,21-22H2,1-2H3,(H,28,29)/b18-17-. The molecule has 0 aromatic heterocycles. The van der Waals surface area contributed by atoms with Crippen LogP contribution in [-0.2, 0) is 4.79 Å². The summed E-state index contributed by atoms with van der Waals surface area (Å²) in [4.78, 5) is 13.2. The highest BCUT2D eigenvalue weighted by molar-refractivity contribution is 6.29. The number of nitrogens with one attached hydrogen (secondary N) is 4. The van der Waals surface area contributed by atoms with Crippen LogP contribution in [0.25, 0.3) is 0 Å². The van der Waals surface area contributed by atoms with E-state index in [1.807, 2.05) is 12.2 Å². The molecule has 2 rings (SSSR count). The van der Waals surface area contributed by atoms with E-state index in [0.29, 0.717) is 13.0 Å². The molecule has 0 aromatic carbocycles. The van der Waals surface area contributed by atoms with Crippen molar-refractivity contribution < 1.29 is 15.0 Å². The second-order valence-electron chi connectivity index (χ2n) is 7.45. The predicted molar refractivity (Wildman–Crippen MR) is 117 cm³/mol. The van der Waals surface area contributed by atoms with E-state index in [2.05, 4.69) is 33.1 Å². The van der Waals surface area contributed by atoms with Gasteiger partial charge in [0.15, 0.2) is 0 Å². The minimum Gasteiger partial charge on any atom is -0.481 e. The molecule has 0 bridgehead atoms. The van der Waals surface area contributed by atoms with E-state index in [-0.39, 0.29) is 36.3 Å². The monoisotopic (exact) mass is 443 g/mol. The summed E-state index contributed by atoms with van der Waals surface area (Å²) in [5, 5.41) is 31.8. The van der Waals surface area contributed by atoms with Crippen molar-refractivity contribution in [1.29, 1.82) is 0 Å². The first-order valence-electron chi connectivity index (χ1n) is 10.2. The van der Waals surface area contributed by atoms with E-state index in [9.17, 15) is 9.90 Å². The lowest BCUT2D eigenvalue weighted by molar-refractivity contribution is -0.136. The van der Waals surface area contributed by atoms with Gasteiger partial charge in [-0.15, -0.1) is 0 Å². The maximum atomic E-state index is 10.9. The SMILES string of the molecule is CCN1C(CNC(O)C(C)N/C(Cl)=C(/N)NCN)NC2=CC=C(CCC(=O)O)CC21. The number of carbonyl (C=O) groups is 1. The molecule has 10 nitrogen and oxygen atoms in total. The van der Waals surface area contributed by atoms with E-state index in [0.717, 1.165) is 24.2 Å². The van der Waals surface area contributed by atoms with Gasteiger partial charge < -0.3 is 37.6 Å². The number of aliphatic carboxylic acids is 1. The summed E-state index contributed by atoms with van der Waals surface area (Å²) < 4.78 is 0. The number of hydrogen-bond donors (Lipinski definition) is 8. The third-order valence-electron chi connectivity index (χ3n) is 5.35. The molecule has 0 amide bonds. The average Bonchev–Trinajstić information content (AvgIpc) is 3.07. The number of carboxylic acids is 1. The molecule has 10 N–H and O–H groups in total. The molecule has 0 aromatic rings. The molecular weight excluding hydrogens is 410 g/mol. The van der Waals surface area contributed by atoms with Crippen molar-refractivity contribution >= 4 is 17.6 Å². The second kappa shape index (κ2) is 11.4. The highest BCUT2D eigenvalue weighted by Gasteiger charge is 2.37. The van der Waals surface area contributed by atoms with Crippen molar-refractivity contribution in [2.75, 3.05) is 19.8 Å². The van der Waals surface area contributed by atoms with Crippen LogP contribution in [0.15, 0.2) is 34.4 Å². The molecule has 1 heterocycles. The Kier molecular flexibility index (Phi) is 9.25. The normalized spacial score (nSPS) is 24.0. The van der Waals surface area contributed by atoms with Gasteiger partial charge in [0.2, 0.25) is 0 Å². The van der Waals surface area contributed by atoms with Crippen LogP contribution >= 0.6 is 11.6 Å². The molecule has 1 fully saturated rings. The van der Waals surface area contributed by atoms with Gasteiger partial charge in [0, 0.05) is 18.7 Å². The number of fused-ring (bicyclic) bond motifs is 1. The molecule has 1 aliphatic carbocycles. The number of nitrogens with zero attached hydrogens (tertiary/aromatic N) is 1. The Morgan fingerprint density at radius 3 is 2.83 bits per heavy atom. The Morgan fingerprint density at radius 1 is 1.47 bits per heavy atom. The molecule has 0 radical (unpaired) electrons. The Hall–Kier alpha value is -1.98. The zero-order valence-corrected chi connectivity index (χ0v) is 18.2. The lowest BCUT2D eigenvalue weighted by Gasteiger charge is -2.30. The van der Waals surface area contributed by atoms with Crippen molar-refractivity contribution in [2.24, 2.45) is 11.5 Å². The number of likely N-dealkylation sites (N-methyl/N-ethyl adjacent to an activating group) is 1. The highest BCUT2D eigenvalue weighted by atomic mass is 35.5. The van der Waals surface area contributed by atoms with E-state index in [1.54, 1.807) is 6.92 Å². The average molecular weight is 444 g/mol. The number of carboxylic acid groups (broad SMARTS) is 1. The van der Waals surface area contributed by atoms with E-state index < -0.39 is 18.2 Å². The third-order valence-corrected chi connectivity index (χ3v) is 5.66. The van der Waals surface area contributed by atoms with Gasteiger partial charge >= 0.3 is 5.97 Å². The number of halogens is 1. The van der Waals surface area contributed by atoms with Crippen LogP contribution in [0.1, 0.15) is 33.1 Å². The van der Waals surface area contributed by atoms with Gasteiger partial charge in [-0.05, 0) is 32.4 Å². The molecule has 4 unspecified atom stereocenters. The summed E-state index contributed by atoms with van der Waals surface area (Å²) >= 11 is 6.08. The maximum Gasteiger partial charge on any atom is 0.303 e. The third kappa shape index (κ3) is 6.51. The van der Waals surface area contributed by atoms with Gasteiger partial charge in [-0.1, -0.05) is 30.2 Å². The van der Waals surface area contributed by atoms with Crippen molar-refractivity contribution in [2.45, 2.75) is 57.6 Å². The van der Waals surface area contributed by atoms with Crippen molar-refractivity contribution in [1.82, 2.24) is 26.2 Å². The van der Waals surface area contributed by atoms with Gasteiger partial charge in [0.05, 0.1) is 24.9 Å². The summed E-state index contributed by atoms with van der Waals surface area (Å²) in [5.74, 6) is -0.563. The molecule has 1 saturated heterocycles. The molecule has 0 saturated carbocycles. The Bertz CT molecular complexity index is 698. The van der Waals surface area contributed by atoms with E-state index in [1.165, 1.54) is 0 Å². The number of nitrogens with two attached hydrogens (primary N) is 2. The molecule has 4 atom stereocenters. The van der Waals surface area contributed by atoms with Crippen LogP contribution in [0.2, 0.25) is 0 Å². The topological polar surface area (TPSA) is 161 Å². The minimum absolute atomic E-state index is 0.00955. The Balaban J connectivity index is 1.88. The lowest BCUT2D eigenvalue weighted by Crippen LogP contribution is -2.52. The summed E-state index contributed by atoms with van der Waals surface area (Å²) in [6.45, 7) is 5.37. The molecule has 1 aliphatic heterocycles. The first kappa shape index (κ1) is 24.3. The zero-order chi connectivity index (χ0) is 22.3.